The van der Waals surface area contributed by atoms with Crippen LogP contribution in [0.4, 0.5) is 0 Å². The van der Waals surface area contributed by atoms with Crippen molar-refractivity contribution in [1.29, 1.82) is 0 Å². The van der Waals surface area contributed by atoms with Gasteiger partial charge in [0.25, 0.3) is 0 Å². The fourth-order valence-corrected chi connectivity index (χ4v) is 12.9. The number of nitrogens with one attached hydrogen (secondary N) is 2. The van der Waals surface area contributed by atoms with Gasteiger partial charge in [-0.05, 0) is 69.1 Å². The van der Waals surface area contributed by atoms with Gasteiger partial charge in [-0.2, -0.15) is 0 Å². The number of carbonyl (C=O) groups is 2. The second-order valence-electron chi connectivity index (χ2n) is 17.3. The van der Waals surface area contributed by atoms with Crippen LogP contribution in [0.1, 0.15) is 194 Å². The third-order valence-electron chi connectivity index (χ3n) is 13.4. The van der Waals surface area contributed by atoms with Gasteiger partial charge in [0, 0.05) is 12.0 Å². The highest BCUT2D eigenvalue weighted by molar-refractivity contribution is 7.93. The Morgan fingerprint density at radius 1 is 0.686 bits per heavy atom. The van der Waals surface area contributed by atoms with Crippen molar-refractivity contribution < 1.29 is 23.1 Å². The predicted octanol–water partition coefficient (Wildman–Crippen LogP) is 9.56. The topological polar surface area (TPSA) is 113 Å². The van der Waals surface area contributed by atoms with Crippen molar-refractivity contribution in [3.8, 4) is 0 Å². The first-order valence-corrected chi connectivity index (χ1v) is 23.8. The second kappa shape index (κ2) is 22.5. The number of aliphatic hydroxyl groups is 1. The minimum absolute atomic E-state index is 0.00738. The highest BCUT2D eigenvalue weighted by atomic mass is 35.5. The first-order chi connectivity index (χ1) is 24.6. The molecule has 0 aromatic carbocycles. The van der Waals surface area contributed by atoms with E-state index in [0.29, 0.717) is 31.1 Å². The van der Waals surface area contributed by atoms with Crippen molar-refractivity contribution in [2.24, 2.45) is 23.7 Å². The van der Waals surface area contributed by atoms with Gasteiger partial charge in [0.1, 0.15) is 5.25 Å². The van der Waals surface area contributed by atoms with Crippen LogP contribution in [0.3, 0.4) is 0 Å². The molecular weight excluding hydrogens is 680 g/mol. The minimum atomic E-state index is -3.67. The van der Waals surface area contributed by atoms with Crippen LogP contribution < -0.4 is 10.6 Å². The van der Waals surface area contributed by atoms with Gasteiger partial charge in [-0.15, -0.1) is 11.6 Å². The standard InChI is InChI=1S/C42H75ClN2O5S/c1-3-5-6-7-8-9-10-11-12-13-14-15-16-20-31-21-19-24-35(27-31)51(49,50)40(4-2)42(48)44-37-30-39(46)38(29-36(37)43)45-41(47)34-26-25-32-22-17-18-23-33(32)28-34/h31-40,46H,3-30H2,1-2H3,(H,44,48)(H,45,47). The summed E-state index contributed by atoms with van der Waals surface area (Å²) in [5.74, 6) is 1.34. The Hall–Kier alpha value is -0.860. The average Bonchev–Trinajstić information content (AvgIpc) is 3.12. The number of rotatable bonds is 21. The van der Waals surface area contributed by atoms with E-state index >= 15 is 0 Å². The summed E-state index contributed by atoms with van der Waals surface area (Å²) in [6.07, 6.45) is 29.6. The normalized spacial score (nSPS) is 32.1. The molecule has 0 spiro atoms. The van der Waals surface area contributed by atoms with Gasteiger partial charge in [0.15, 0.2) is 9.84 Å². The van der Waals surface area contributed by atoms with Gasteiger partial charge in [-0.3, -0.25) is 9.59 Å². The summed E-state index contributed by atoms with van der Waals surface area (Å²) in [6, 6.07) is -1.00. The summed E-state index contributed by atoms with van der Waals surface area (Å²) in [7, 11) is -3.67. The van der Waals surface area contributed by atoms with E-state index in [9.17, 15) is 23.1 Å². The van der Waals surface area contributed by atoms with E-state index in [1.54, 1.807) is 6.92 Å². The van der Waals surface area contributed by atoms with Crippen LogP contribution in [-0.2, 0) is 19.4 Å². The quantitative estimate of drug-likeness (QED) is 0.0799. The molecule has 0 heterocycles. The molecule has 3 N–H and O–H groups in total. The molecule has 4 aliphatic rings. The Labute approximate surface area is 317 Å². The summed E-state index contributed by atoms with van der Waals surface area (Å²) in [4.78, 5) is 26.8. The van der Waals surface area contributed by atoms with Crippen molar-refractivity contribution in [2.75, 3.05) is 0 Å². The van der Waals surface area contributed by atoms with E-state index in [1.165, 1.54) is 103 Å². The summed E-state index contributed by atoms with van der Waals surface area (Å²) in [6.45, 7) is 4.04. The summed E-state index contributed by atoms with van der Waals surface area (Å²) in [5, 5.41) is 15.0. The third-order valence-corrected chi connectivity index (χ3v) is 16.6. The van der Waals surface area contributed by atoms with E-state index in [-0.39, 0.29) is 24.7 Å². The molecule has 0 aliphatic heterocycles. The lowest BCUT2D eigenvalue weighted by atomic mass is 9.67. The molecule has 4 aliphatic carbocycles. The Balaban J connectivity index is 1.14. The molecular formula is C42H75ClN2O5S. The lowest BCUT2D eigenvalue weighted by molar-refractivity contribution is -0.129. The third kappa shape index (κ3) is 13.4. The highest BCUT2D eigenvalue weighted by Crippen LogP contribution is 2.43. The van der Waals surface area contributed by atoms with Gasteiger partial charge in [-0.1, -0.05) is 142 Å². The van der Waals surface area contributed by atoms with Crippen LogP contribution in [0.2, 0.25) is 0 Å². The highest BCUT2D eigenvalue weighted by Gasteiger charge is 2.43. The number of alkyl halides is 1. The Kier molecular flexibility index (Phi) is 18.9. The van der Waals surface area contributed by atoms with Crippen molar-refractivity contribution in [3.05, 3.63) is 0 Å². The van der Waals surface area contributed by atoms with Crippen LogP contribution in [0.15, 0.2) is 0 Å². The molecule has 4 fully saturated rings. The van der Waals surface area contributed by atoms with Crippen LogP contribution >= 0.6 is 11.6 Å². The zero-order chi connectivity index (χ0) is 36.6. The number of aliphatic hydroxyl groups excluding tert-OH is 1. The van der Waals surface area contributed by atoms with Crippen LogP contribution in [0.25, 0.3) is 0 Å². The van der Waals surface area contributed by atoms with E-state index in [4.69, 9.17) is 11.6 Å². The van der Waals surface area contributed by atoms with Crippen molar-refractivity contribution >= 4 is 33.3 Å². The van der Waals surface area contributed by atoms with Gasteiger partial charge >= 0.3 is 0 Å². The van der Waals surface area contributed by atoms with Crippen LogP contribution in [0.5, 0.6) is 0 Å². The van der Waals surface area contributed by atoms with Crippen molar-refractivity contribution in [1.82, 2.24) is 10.6 Å². The maximum Gasteiger partial charge on any atom is 0.238 e. The molecule has 10 unspecified atom stereocenters. The maximum atomic E-state index is 13.9. The lowest BCUT2D eigenvalue weighted by Crippen LogP contribution is -2.58. The Bertz CT molecular complexity index is 1140. The smallest absolute Gasteiger partial charge is 0.238 e. The maximum absolute atomic E-state index is 13.9. The predicted molar refractivity (Wildman–Crippen MR) is 211 cm³/mol. The number of halogens is 1. The molecule has 296 valence electrons. The molecule has 4 saturated carbocycles. The number of hydrogen-bond donors (Lipinski definition) is 3. The number of hydrogen-bond acceptors (Lipinski definition) is 5. The van der Waals surface area contributed by atoms with Crippen LogP contribution in [0, 0.1) is 23.7 Å². The minimum Gasteiger partial charge on any atom is -0.391 e. The van der Waals surface area contributed by atoms with Gasteiger partial charge in [0.2, 0.25) is 11.8 Å². The van der Waals surface area contributed by atoms with E-state index in [0.717, 1.165) is 50.9 Å². The first kappa shape index (κ1) is 42.9. The summed E-state index contributed by atoms with van der Waals surface area (Å²) >= 11 is 6.78. The number of sulfone groups is 1. The average molecular weight is 756 g/mol. The number of amides is 2. The fraction of sp³-hybridized carbons (Fsp3) is 0.952. The fourth-order valence-electron chi connectivity index (χ4n) is 10.2. The van der Waals surface area contributed by atoms with Crippen LogP contribution in [-0.4, -0.2) is 59.4 Å². The largest absolute Gasteiger partial charge is 0.391 e. The Morgan fingerprint density at radius 2 is 1.31 bits per heavy atom. The molecule has 0 saturated heterocycles. The van der Waals surface area contributed by atoms with Crippen molar-refractivity contribution in [2.45, 2.75) is 228 Å². The Morgan fingerprint density at radius 3 is 1.96 bits per heavy atom. The van der Waals surface area contributed by atoms with Gasteiger partial charge in [0.05, 0.1) is 22.8 Å². The van der Waals surface area contributed by atoms with E-state index < -0.39 is 49.8 Å². The molecule has 7 nitrogen and oxygen atoms in total. The van der Waals surface area contributed by atoms with E-state index in [2.05, 4.69) is 17.6 Å². The van der Waals surface area contributed by atoms with E-state index in [1.807, 2.05) is 0 Å². The summed E-state index contributed by atoms with van der Waals surface area (Å²) < 4.78 is 27.8. The van der Waals surface area contributed by atoms with Gasteiger partial charge < -0.3 is 15.7 Å². The second-order valence-corrected chi connectivity index (χ2v) is 20.2. The molecule has 2 amide bonds. The number of unbranched alkanes of at least 4 members (excludes halogenated alkanes) is 12. The van der Waals surface area contributed by atoms with Crippen molar-refractivity contribution in [3.63, 3.8) is 0 Å². The number of carbonyl (C=O) groups excluding carboxylic acids is 2. The molecule has 0 aromatic heterocycles. The SMILES string of the molecule is CCCCCCCCCCCCCCCC1CCCC(S(=O)(=O)C(CC)C(=O)NC2CC(O)C(NC(=O)C3CCC4CCCCC4C3)CC2Cl)C1. The zero-order valence-corrected chi connectivity index (χ0v) is 34.0. The lowest BCUT2D eigenvalue weighted by Gasteiger charge is -2.41. The molecule has 0 bridgehead atoms. The molecule has 0 aromatic rings. The molecule has 9 heteroatoms. The summed E-state index contributed by atoms with van der Waals surface area (Å²) in [5.41, 5.74) is 0. The van der Waals surface area contributed by atoms with Gasteiger partial charge in [-0.25, -0.2) is 8.42 Å². The molecule has 51 heavy (non-hydrogen) atoms. The number of fused-ring (bicyclic) bond motifs is 1. The monoisotopic (exact) mass is 755 g/mol. The first-order valence-electron chi connectivity index (χ1n) is 21.8. The molecule has 4 rings (SSSR count). The molecule has 10 atom stereocenters. The zero-order valence-electron chi connectivity index (χ0n) is 32.4. The molecule has 0 radical (unpaired) electrons.